The summed E-state index contributed by atoms with van der Waals surface area (Å²) in [5.41, 5.74) is 1.98. The van der Waals surface area contributed by atoms with E-state index in [4.69, 9.17) is 32.7 Å². The SMILES string of the molecule is Cc1cccc(OC(=O)c2cccc(C(=O)Oc3cccc(C)c3Cl)c2)c1Cl. The lowest BCUT2D eigenvalue weighted by Gasteiger charge is -2.10. The molecule has 0 saturated heterocycles. The normalized spacial score (nSPS) is 10.4. The molecule has 0 atom stereocenters. The smallest absolute Gasteiger partial charge is 0.343 e. The first-order valence-electron chi connectivity index (χ1n) is 8.41. The van der Waals surface area contributed by atoms with Crippen molar-refractivity contribution in [1.29, 1.82) is 0 Å². The molecule has 6 heteroatoms. The van der Waals surface area contributed by atoms with Crippen molar-refractivity contribution >= 4 is 35.1 Å². The molecule has 0 saturated carbocycles. The molecule has 0 heterocycles. The lowest BCUT2D eigenvalue weighted by molar-refractivity contribution is 0.0734. The lowest BCUT2D eigenvalue weighted by Crippen LogP contribution is -2.13. The van der Waals surface area contributed by atoms with Gasteiger partial charge in [0.1, 0.15) is 11.5 Å². The number of carbonyl (C=O) groups excluding carboxylic acids is 2. The van der Waals surface area contributed by atoms with Gasteiger partial charge in [-0.1, -0.05) is 53.5 Å². The van der Waals surface area contributed by atoms with Crippen LogP contribution in [-0.2, 0) is 0 Å². The third kappa shape index (κ3) is 4.35. The summed E-state index contributed by atoms with van der Waals surface area (Å²) in [6, 6.07) is 16.4. The monoisotopic (exact) mass is 414 g/mol. The van der Waals surface area contributed by atoms with Crippen molar-refractivity contribution in [2.45, 2.75) is 13.8 Å². The molecule has 0 aliphatic carbocycles. The van der Waals surface area contributed by atoms with Crippen LogP contribution in [0.5, 0.6) is 11.5 Å². The van der Waals surface area contributed by atoms with Crippen LogP contribution in [0.4, 0.5) is 0 Å². The van der Waals surface area contributed by atoms with E-state index in [0.29, 0.717) is 10.0 Å². The van der Waals surface area contributed by atoms with E-state index in [-0.39, 0.29) is 22.6 Å². The molecule has 3 aromatic carbocycles. The standard InChI is InChI=1S/C22H16Cl2O4/c1-13-6-3-10-17(19(13)23)27-21(25)15-8-5-9-16(12-15)22(26)28-18-11-4-7-14(2)20(18)24/h3-12H,1-2H3. The molecule has 0 fully saturated rings. The van der Waals surface area contributed by atoms with Crippen molar-refractivity contribution < 1.29 is 19.1 Å². The van der Waals surface area contributed by atoms with Crippen LogP contribution in [0.3, 0.4) is 0 Å². The summed E-state index contributed by atoms with van der Waals surface area (Å²) in [5.74, 6) is -0.746. The lowest BCUT2D eigenvalue weighted by atomic mass is 10.1. The first-order valence-corrected chi connectivity index (χ1v) is 9.17. The number of halogens is 2. The van der Waals surface area contributed by atoms with Gasteiger partial charge >= 0.3 is 11.9 Å². The van der Waals surface area contributed by atoms with Crippen molar-refractivity contribution in [3.05, 3.63) is 93.0 Å². The average Bonchev–Trinajstić information content (AvgIpc) is 2.69. The summed E-state index contributed by atoms with van der Waals surface area (Å²) >= 11 is 12.3. The molecule has 0 aliphatic rings. The largest absolute Gasteiger partial charge is 0.421 e. The molecule has 3 rings (SSSR count). The predicted octanol–water partition coefficient (Wildman–Crippen LogP) is 6.05. The van der Waals surface area contributed by atoms with Crippen LogP contribution < -0.4 is 9.47 Å². The molecule has 0 unspecified atom stereocenters. The minimum absolute atomic E-state index is 0.197. The van der Waals surface area contributed by atoms with Crippen LogP contribution in [0, 0.1) is 13.8 Å². The van der Waals surface area contributed by atoms with Crippen LogP contribution in [0.1, 0.15) is 31.8 Å². The second-order valence-electron chi connectivity index (χ2n) is 6.13. The number of esters is 2. The number of ether oxygens (including phenoxy) is 2. The average molecular weight is 415 g/mol. The van der Waals surface area contributed by atoms with Crippen LogP contribution in [-0.4, -0.2) is 11.9 Å². The molecule has 0 aliphatic heterocycles. The van der Waals surface area contributed by atoms with Gasteiger partial charge in [-0.15, -0.1) is 0 Å². The minimum atomic E-state index is -0.629. The van der Waals surface area contributed by atoms with E-state index in [2.05, 4.69) is 0 Å². The maximum Gasteiger partial charge on any atom is 0.343 e. The fraction of sp³-hybridized carbons (Fsp3) is 0.0909. The van der Waals surface area contributed by atoms with Crippen molar-refractivity contribution in [3.8, 4) is 11.5 Å². The molecule has 3 aromatic rings. The van der Waals surface area contributed by atoms with Crippen molar-refractivity contribution in [2.24, 2.45) is 0 Å². The zero-order valence-corrected chi connectivity index (χ0v) is 16.7. The Bertz CT molecular complexity index is 979. The van der Waals surface area contributed by atoms with Gasteiger partial charge in [0.25, 0.3) is 0 Å². The molecule has 142 valence electrons. The molecule has 0 amide bonds. The van der Waals surface area contributed by atoms with E-state index >= 15 is 0 Å². The molecule has 0 aromatic heterocycles. The van der Waals surface area contributed by atoms with Crippen LogP contribution >= 0.6 is 23.2 Å². The maximum atomic E-state index is 12.5. The van der Waals surface area contributed by atoms with E-state index in [0.717, 1.165) is 11.1 Å². The van der Waals surface area contributed by atoms with E-state index in [1.54, 1.807) is 42.5 Å². The Labute approximate surface area is 172 Å². The highest BCUT2D eigenvalue weighted by atomic mass is 35.5. The second kappa shape index (κ2) is 8.46. The van der Waals surface area contributed by atoms with Gasteiger partial charge < -0.3 is 9.47 Å². The summed E-state index contributed by atoms with van der Waals surface area (Å²) in [4.78, 5) is 24.9. The first kappa shape index (κ1) is 19.9. The summed E-state index contributed by atoms with van der Waals surface area (Å²) < 4.78 is 10.7. The summed E-state index contributed by atoms with van der Waals surface area (Å²) in [6.07, 6.45) is 0. The summed E-state index contributed by atoms with van der Waals surface area (Å²) in [6.45, 7) is 3.62. The van der Waals surface area contributed by atoms with E-state index in [9.17, 15) is 9.59 Å². The topological polar surface area (TPSA) is 52.6 Å². The highest BCUT2D eigenvalue weighted by Crippen LogP contribution is 2.29. The Morgan fingerprint density at radius 2 is 1.07 bits per heavy atom. The zero-order valence-electron chi connectivity index (χ0n) is 15.2. The fourth-order valence-electron chi connectivity index (χ4n) is 2.49. The Hall–Kier alpha value is -2.82. The Morgan fingerprint density at radius 3 is 1.50 bits per heavy atom. The molecule has 4 nitrogen and oxygen atoms in total. The first-order chi connectivity index (χ1) is 13.4. The predicted molar refractivity (Wildman–Crippen MR) is 109 cm³/mol. The molecular weight excluding hydrogens is 399 g/mol. The Balaban J connectivity index is 1.79. The number of hydrogen-bond donors (Lipinski definition) is 0. The number of carbonyl (C=O) groups is 2. The Kier molecular flexibility index (Phi) is 6.02. The molecule has 0 N–H and O–H groups in total. The summed E-state index contributed by atoms with van der Waals surface area (Å²) in [5, 5.41) is 0.723. The Morgan fingerprint density at radius 1 is 0.679 bits per heavy atom. The summed E-state index contributed by atoms with van der Waals surface area (Å²) in [7, 11) is 0. The van der Waals surface area contributed by atoms with Gasteiger partial charge in [-0.25, -0.2) is 9.59 Å². The van der Waals surface area contributed by atoms with Crippen LogP contribution in [0.25, 0.3) is 0 Å². The van der Waals surface area contributed by atoms with Crippen molar-refractivity contribution in [3.63, 3.8) is 0 Å². The van der Waals surface area contributed by atoms with Gasteiger partial charge in [-0.05, 0) is 55.3 Å². The van der Waals surface area contributed by atoms with E-state index < -0.39 is 11.9 Å². The van der Waals surface area contributed by atoms with E-state index in [1.807, 2.05) is 26.0 Å². The molecule has 0 radical (unpaired) electrons. The fourth-order valence-corrected chi connectivity index (χ4v) is 2.82. The number of hydrogen-bond acceptors (Lipinski definition) is 4. The maximum absolute atomic E-state index is 12.5. The van der Waals surface area contributed by atoms with E-state index in [1.165, 1.54) is 6.07 Å². The molecular formula is C22H16Cl2O4. The molecule has 0 spiro atoms. The molecule has 28 heavy (non-hydrogen) atoms. The van der Waals surface area contributed by atoms with Gasteiger partial charge in [0.15, 0.2) is 0 Å². The van der Waals surface area contributed by atoms with Gasteiger partial charge in [-0.2, -0.15) is 0 Å². The van der Waals surface area contributed by atoms with Crippen molar-refractivity contribution in [1.82, 2.24) is 0 Å². The van der Waals surface area contributed by atoms with Gasteiger partial charge in [0.05, 0.1) is 21.2 Å². The highest BCUT2D eigenvalue weighted by molar-refractivity contribution is 6.33. The molecule has 0 bridgehead atoms. The highest BCUT2D eigenvalue weighted by Gasteiger charge is 2.16. The minimum Gasteiger partial charge on any atom is -0.421 e. The van der Waals surface area contributed by atoms with Gasteiger partial charge in [0.2, 0.25) is 0 Å². The van der Waals surface area contributed by atoms with Gasteiger partial charge in [0, 0.05) is 0 Å². The van der Waals surface area contributed by atoms with Crippen LogP contribution in [0.15, 0.2) is 60.7 Å². The third-order valence-electron chi connectivity index (χ3n) is 4.05. The van der Waals surface area contributed by atoms with Gasteiger partial charge in [-0.3, -0.25) is 0 Å². The third-order valence-corrected chi connectivity index (χ3v) is 5.02. The second-order valence-corrected chi connectivity index (χ2v) is 6.89. The number of benzene rings is 3. The van der Waals surface area contributed by atoms with Crippen LogP contribution in [0.2, 0.25) is 10.0 Å². The van der Waals surface area contributed by atoms with Crippen molar-refractivity contribution in [2.75, 3.05) is 0 Å². The quantitative estimate of drug-likeness (QED) is 0.385. The number of rotatable bonds is 4. The number of aryl methyl sites for hydroxylation is 2. The zero-order chi connectivity index (χ0) is 20.3.